The minimum atomic E-state index is 0.0604. The predicted molar refractivity (Wildman–Crippen MR) is 48.2 cm³/mol. The monoisotopic (exact) mass is 173 g/mol. The fourth-order valence-electron chi connectivity index (χ4n) is 0.947. The van der Waals surface area contributed by atoms with Gasteiger partial charge in [-0.3, -0.25) is 4.79 Å². The summed E-state index contributed by atoms with van der Waals surface area (Å²) in [5, 5.41) is 8.26. The maximum Gasteiger partial charge on any atom is 0.207 e. The molecule has 0 aromatic heterocycles. The maximum atomic E-state index is 10.5. The number of hydrogen-bond acceptors (Lipinski definition) is 3. The first kappa shape index (κ1) is 8.94. The average Bonchev–Trinajstić information content (AvgIpc) is 2.18. The summed E-state index contributed by atoms with van der Waals surface area (Å²) in [6.45, 7) is 0. The van der Waals surface area contributed by atoms with E-state index in [1.54, 1.807) is 30.5 Å². The number of hydrogen-bond donors (Lipinski definition) is 1. The molecule has 0 fully saturated rings. The van der Waals surface area contributed by atoms with Crippen LogP contribution in [0, 0.1) is 11.5 Å². The molecular weight excluding hydrogens is 166 g/mol. The number of nitriles is 1. The van der Waals surface area contributed by atoms with Crippen molar-refractivity contribution in [3.05, 3.63) is 35.4 Å². The van der Waals surface area contributed by atoms with Crippen LogP contribution >= 0.6 is 0 Å². The van der Waals surface area contributed by atoms with E-state index in [4.69, 9.17) is 11.0 Å². The molecule has 2 N–H and O–H groups in total. The van der Waals surface area contributed by atoms with Crippen LogP contribution in [0.25, 0.3) is 0 Å². The van der Waals surface area contributed by atoms with Gasteiger partial charge >= 0.3 is 0 Å². The van der Waals surface area contributed by atoms with E-state index in [2.05, 4.69) is 4.99 Å². The Hall–Kier alpha value is -2.15. The van der Waals surface area contributed by atoms with Crippen LogP contribution in [0.2, 0.25) is 0 Å². The summed E-state index contributed by atoms with van der Waals surface area (Å²) in [6.07, 6.45) is 2.24. The van der Waals surface area contributed by atoms with Gasteiger partial charge in [0, 0.05) is 11.1 Å². The number of aldehydes is 1. The highest BCUT2D eigenvalue weighted by Gasteiger charge is 2.03. The van der Waals surface area contributed by atoms with E-state index in [9.17, 15) is 4.79 Å². The molecule has 1 aromatic rings. The highest BCUT2D eigenvalue weighted by molar-refractivity contribution is 6.04. The minimum Gasteiger partial charge on any atom is -0.382 e. The number of benzene rings is 1. The van der Waals surface area contributed by atoms with Crippen molar-refractivity contribution in [1.29, 1.82) is 5.26 Å². The van der Waals surface area contributed by atoms with Crippen molar-refractivity contribution in [1.82, 2.24) is 0 Å². The van der Waals surface area contributed by atoms with Gasteiger partial charge < -0.3 is 5.73 Å². The van der Waals surface area contributed by atoms with E-state index in [0.29, 0.717) is 17.4 Å². The lowest BCUT2D eigenvalue weighted by atomic mass is 10.1. The molecule has 0 aliphatic heterocycles. The van der Waals surface area contributed by atoms with E-state index >= 15 is 0 Å². The largest absolute Gasteiger partial charge is 0.382 e. The minimum absolute atomic E-state index is 0.0604. The molecule has 0 saturated heterocycles. The van der Waals surface area contributed by atoms with Gasteiger partial charge in [0.1, 0.15) is 5.84 Å². The molecule has 0 atom stereocenters. The number of rotatable bonds is 2. The summed E-state index contributed by atoms with van der Waals surface area (Å²) >= 11 is 0. The van der Waals surface area contributed by atoms with Crippen LogP contribution in [-0.2, 0) is 0 Å². The van der Waals surface area contributed by atoms with Crippen LogP contribution in [-0.4, -0.2) is 12.1 Å². The van der Waals surface area contributed by atoms with Crippen LogP contribution in [0.4, 0.5) is 0 Å². The average molecular weight is 173 g/mol. The van der Waals surface area contributed by atoms with Crippen LogP contribution in [0.1, 0.15) is 15.9 Å². The molecular formula is C9H7N3O. The Labute approximate surface area is 75.3 Å². The van der Waals surface area contributed by atoms with E-state index < -0.39 is 0 Å². The number of nitrogens with zero attached hydrogens (tertiary/aromatic N) is 2. The van der Waals surface area contributed by atoms with Gasteiger partial charge in [-0.05, 0) is 0 Å². The fraction of sp³-hybridized carbons (Fsp3) is 0. The van der Waals surface area contributed by atoms with Crippen molar-refractivity contribution in [3.63, 3.8) is 0 Å². The SMILES string of the molecule is N#C/N=C(\N)c1ccccc1C=O. The van der Waals surface area contributed by atoms with Gasteiger partial charge in [-0.2, -0.15) is 10.3 Å². The van der Waals surface area contributed by atoms with Crippen molar-refractivity contribution in [2.45, 2.75) is 0 Å². The predicted octanol–water partition coefficient (Wildman–Crippen LogP) is 0.685. The van der Waals surface area contributed by atoms with E-state index in [1.807, 2.05) is 0 Å². The Kier molecular flexibility index (Phi) is 2.77. The number of amidine groups is 1. The second-order valence-corrected chi connectivity index (χ2v) is 2.30. The molecule has 0 aliphatic rings. The van der Waals surface area contributed by atoms with Crippen molar-refractivity contribution in [3.8, 4) is 6.19 Å². The van der Waals surface area contributed by atoms with Gasteiger partial charge in [0.15, 0.2) is 6.29 Å². The van der Waals surface area contributed by atoms with Crippen molar-refractivity contribution < 1.29 is 4.79 Å². The molecule has 0 saturated carbocycles. The third-order valence-corrected chi connectivity index (χ3v) is 1.53. The van der Waals surface area contributed by atoms with Gasteiger partial charge in [-0.15, -0.1) is 0 Å². The molecule has 0 bridgehead atoms. The van der Waals surface area contributed by atoms with Crippen molar-refractivity contribution in [2.75, 3.05) is 0 Å². The van der Waals surface area contributed by atoms with Crippen LogP contribution in [0.5, 0.6) is 0 Å². The van der Waals surface area contributed by atoms with Crippen LogP contribution in [0.15, 0.2) is 29.3 Å². The first-order valence-electron chi connectivity index (χ1n) is 3.56. The van der Waals surface area contributed by atoms with Gasteiger partial charge in [0.05, 0.1) is 0 Å². The summed E-state index contributed by atoms with van der Waals surface area (Å²) < 4.78 is 0. The molecule has 4 nitrogen and oxygen atoms in total. The standard InChI is InChI=1S/C9H7N3O/c10-6-12-9(11)8-4-2-1-3-7(8)5-13/h1-5H,(H2,11,12). The Morgan fingerprint density at radius 3 is 2.85 bits per heavy atom. The number of aliphatic imine (C=N–C) groups is 1. The first-order chi connectivity index (χ1) is 6.29. The molecule has 13 heavy (non-hydrogen) atoms. The Morgan fingerprint density at radius 2 is 2.23 bits per heavy atom. The third kappa shape index (κ3) is 1.91. The number of carbonyl (C=O) groups excluding carboxylic acids is 1. The van der Waals surface area contributed by atoms with Gasteiger partial charge in [-0.25, -0.2) is 0 Å². The molecule has 0 heterocycles. The maximum absolute atomic E-state index is 10.5. The molecule has 1 rings (SSSR count). The normalized spacial score (nSPS) is 10.5. The molecule has 0 unspecified atom stereocenters. The zero-order chi connectivity index (χ0) is 9.68. The summed E-state index contributed by atoms with van der Waals surface area (Å²) in [5.74, 6) is 0.0604. The lowest BCUT2D eigenvalue weighted by molar-refractivity contribution is 0.112. The number of carbonyl (C=O) groups is 1. The molecule has 0 spiro atoms. The number of nitrogens with two attached hydrogens (primary N) is 1. The van der Waals surface area contributed by atoms with Crippen LogP contribution in [0.3, 0.4) is 0 Å². The molecule has 0 radical (unpaired) electrons. The molecule has 4 heteroatoms. The van der Waals surface area contributed by atoms with E-state index in [0.717, 1.165) is 0 Å². The molecule has 1 aromatic carbocycles. The van der Waals surface area contributed by atoms with E-state index in [1.165, 1.54) is 0 Å². The summed E-state index contributed by atoms with van der Waals surface area (Å²) in [4.78, 5) is 13.9. The van der Waals surface area contributed by atoms with E-state index in [-0.39, 0.29) is 5.84 Å². The topological polar surface area (TPSA) is 79.2 Å². The highest BCUT2D eigenvalue weighted by atomic mass is 16.1. The first-order valence-corrected chi connectivity index (χ1v) is 3.56. The van der Waals surface area contributed by atoms with Gasteiger partial charge in [0.25, 0.3) is 0 Å². The second kappa shape index (κ2) is 4.02. The summed E-state index contributed by atoms with van der Waals surface area (Å²) in [5.41, 5.74) is 6.37. The third-order valence-electron chi connectivity index (χ3n) is 1.53. The van der Waals surface area contributed by atoms with Crippen molar-refractivity contribution >= 4 is 12.1 Å². The van der Waals surface area contributed by atoms with Gasteiger partial charge in [-0.1, -0.05) is 24.3 Å². The Balaban J connectivity index is 3.22. The summed E-state index contributed by atoms with van der Waals surface area (Å²) in [7, 11) is 0. The van der Waals surface area contributed by atoms with Crippen LogP contribution < -0.4 is 5.73 Å². The Morgan fingerprint density at radius 1 is 1.54 bits per heavy atom. The zero-order valence-electron chi connectivity index (χ0n) is 6.77. The van der Waals surface area contributed by atoms with Crippen molar-refractivity contribution in [2.24, 2.45) is 10.7 Å². The zero-order valence-corrected chi connectivity index (χ0v) is 6.77. The fourth-order valence-corrected chi connectivity index (χ4v) is 0.947. The Bertz CT molecular complexity index is 390. The summed E-state index contributed by atoms with van der Waals surface area (Å²) in [6, 6.07) is 6.69. The molecule has 0 amide bonds. The smallest absolute Gasteiger partial charge is 0.207 e. The van der Waals surface area contributed by atoms with Gasteiger partial charge in [0.2, 0.25) is 6.19 Å². The lowest BCUT2D eigenvalue weighted by Crippen LogP contribution is -2.14. The molecule has 0 aliphatic carbocycles. The lowest BCUT2D eigenvalue weighted by Gasteiger charge is -2.00. The molecule has 64 valence electrons. The quantitative estimate of drug-likeness (QED) is 0.309. The second-order valence-electron chi connectivity index (χ2n) is 2.30. The highest BCUT2D eigenvalue weighted by Crippen LogP contribution is 2.05.